The van der Waals surface area contributed by atoms with Crippen LogP contribution in [0.4, 0.5) is 0 Å². The molecule has 0 aliphatic carbocycles. The third-order valence-electron chi connectivity index (χ3n) is 4.58. The second-order valence-electron chi connectivity index (χ2n) is 6.97. The Morgan fingerprint density at radius 2 is 1.93 bits per heavy atom. The van der Waals surface area contributed by atoms with Crippen LogP contribution in [0, 0.1) is 13.8 Å². The first-order chi connectivity index (χ1) is 13.6. The molecule has 0 atom stereocenters. The molecule has 5 nitrogen and oxygen atoms in total. The largest absolute Gasteiger partial charge is 0.494 e. The molecule has 1 aromatic heterocycles. The summed E-state index contributed by atoms with van der Waals surface area (Å²) in [6, 6.07) is 14.3. The summed E-state index contributed by atoms with van der Waals surface area (Å²) in [7, 11) is 0. The number of hydrogen-bond donors (Lipinski definition) is 1. The summed E-state index contributed by atoms with van der Waals surface area (Å²) >= 11 is 0. The SMILES string of the molecule is C=CC(=O)NCc1nc2ccccc2n1CCCCOc1cc(C)cc(C)c1. The molecular formula is C23H27N3O2. The summed E-state index contributed by atoms with van der Waals surface area (Å²) in [5, 5.41) is 2.82. The molecule has 0 spiro atoms. The molecule has 3 aromatic rings. The smallest absolute Gasteiger partial charge is 0.243 e. The van der Waals surface area contributed by atoms with Gasteiger partial charge in [-0.15, -0.1) is 0 Å². The van der Waals surface area contributed by atoms with E-state index in [4.69, 9.17) is 4.74 Å². The molecule has 3 rings (SSSR count). The van der Waals surface area contributed by atoms with Gasteiger partial charge < -0.3 is 14.6 Å². The molecule has 1 N–H and O–H groups in total. The second kappa shape index (κ2) is 9.22. The van der Waals surface area contributed by atoms with E-state index < -0.39 is 0 Å². The molecule has 0 saturated carbocycles. The van der Waals surface area contributed by atoms with Crippen LogP contribution in [-0.2, 0) is 17.9 Å². The van der Waals surface area contributed by atoms with Crippen molar-refractivity contribution >= 4 is 16.9 Å². The first kappa shape index (κ1) is 19.7. The van der Waals surface area contributed by atoms with E-state index in [1.807, 2.05) is 18.2 Å². The lowest BCUT2D eigenvalue weighted by molar-refractivity contribution is -0.116. The van der Waals surface area contributed by atoms with Gasteiger partial charge in [0.15, 0.2) is 0 Å². The molecular weight excluding hydrogens is 350 g/mol. The van der Waals surface area contributed by atoms with Crippen LogP contribution in [0.15, 0.2) is 55.1 Å². The maximum absolute atomic E-state index is 11.5. The van der Waals surface area contributed by atoms with Crippen LogP contribution < -0.4 is 10.1 Å². The van der Waals surface area contributed by atoms with Gasteiger partial charge in [0.1, 0.15) is 11.6 Å². The van der Waals surface area contributed by atoms with Crippen molar-refractivity contribution in [2.24, 2.45) is 0 Å². The number of aromatic nitrogens is 2. The average molecular weight is 377 g/mol. The number of para-hydroxylation sites is 2. The number of benzene rings is 2. The predicted molar refractivity (Wildman–Crippen MR) is 112 cm³/mol. The van der Waals surface area contributed by atoms with E-state index in [1.54, 1.807) is 0 Å². The van der Waals surface area contributed by atoms with Crippen LogP contribution in [0.1, 0.15) is 29.8 Å². The number of nitrogens with one attached hydrogen (secondary N) is 1. The molecule has 0 unspecified atom stereocenters. The molecule has 0 saturated heterocycles. The average Bonchev–Trinajstić information content (AvgIpc) is 3.02. The van der Waals surface area contributed by atoms with Crippen molar-refractivity contribution in [3.05, 3.63) is 72.1 Å². The van der Waals surface area contributed by atoms with Gasteiger partial charge in [0, 0.05) is 6.54 Å². The van der Waals surface area contributed by atoms with Gasteiger partial charge in [0.05, 0.1) is 24.2 Å². The van der Waals surface area contributed by atoms with Gasteiger partial charge in [-0.1, -0.05) is 24.8 Å². The number of carbonyl (C=O) groups is 1. The molecule has 0 aliphatic rings. The molecule has 28 heavy (non-hydrogen) atoms. The summed E-state index contributed by atoms with van der Waals surface area (Å²) < 4.78 is 8.08. The Hall–Kier alpha value is -3.08. The number of ether oxygens (including phenoxy) is 1. The standard InChI is InChI=1S/C23H27N3O2/c1-4-23(27)24-16-22-25-20-9-5-6-10-21(20)26(22)11-7-8-12-28-19-14-17(2)13-18(3)15-19/h4-6,9-10,13-15H,1,7-8,11-12,16H2,2-3H3,(H,24,27). The molecule has 146 valence electrons. The molecule has 0 aliphatic heterocycles. The highest BCUT2D eigenvalue weighted by Crippen LogP contribution is 2.18. The van der Waals surface area contributed by atoms with Crippen LogP contribution in [0.5, 0.6) is 5.75 Å². The van der Waals surface area contributed by atoms with Crippen molar-refractivity contribution in [1.29, 1.82) is 0 Å². The highest BCUT2D eigenvalue weighted by Gasteiger charge is 2.10. The lowest BCUT2D eigenvalue weighted by Crippen LogP contribution is -2.22. The number of nitrogens with zero attached hydrogens (tertiary/aromatic N) is 2. The Morgan fingerprint density at radius 3 is 2.68 bits per heavy atom. The molecule has 1 amide bonds. The van der Waals surface area contributed by atoms with Crippen LogP contribution in [0.25, 0.3) is 11.0 Å². The monoisotopic (exact) mass is 377 g/mol. The van der Waals surface area contributed by atoms with Crippen molar-refractivity contribution in [3.63, 3.8) is 0 Å². The van der Waals surface area contributed by atoms with Gasteiger partial charge >= 0.3 is 0 Å². The summed E-state index contributed by atoms with van der Waals surface area (Å²) in [5.41, 5.74) is 4.45. The van der Waals surface area contributed by atoms with E-state index in [1.165, 1.54) is 17.2 Å². The normalized spacial score (nSPS) is 10.8. The van der Waals surface area contributed by atoms with Gasteiger partial charge in [-0.3, -0.25) is 4.79 Å². The molecule has 1 heterocycles. The van der Waals surface area contributed by atoms with Crippen LogP contribution in [-0.4, -0.2) is 22.1 Å². The number of carbonyl (C=O) groups excluding carboxylic acids is 1. The molecule has 2 aromatic carbocycles. The molecule has 0 bridgehead atoms. The number of amides is 1. The molecule has 0 fully saturated rings. The van der Waals surface area contributed by atoms with Gasteiger partial charge in [-0.2, -0.15) is 0 Å². The van der Waals surface area contributed by atoms with Crippen LogP contribution in [0.3, 0.4) is 0 Å². The quantitative estimate of drug-likeness (QED) is 0.446. The molecule has 5 heteroatoms. The van der Waals surface area contributed by atoms with Crippen molar-refractivity contribution in [2.75, 3.05) is 6.61 Å². The Bertz CT molecular complexity index is 955. The van der Waals surface area contributed by atoms with E-state index in [2.05, 4.69) is 59.6 Å². The van der Waals surface area contributed by atoms with Crippen LogP contribution >= 0.6 is 0 Å². The van der Waals surface area contributed by atoms with E-state index in [0.717, 1.165) is 42.0 Å². The fourth-order valence-corrected chi connectivity index (χ4v) is 3.33. The van der Waals surface area contributed by atoms with Crippen molar-refractivity contribution in [3.8, 4) is 5.75 Å². The number of hydrogen-bond acceptors (Lipinski definition) is 3. The van der Waals surface area contributed by atoms with Crippen LogP contribution in [0.2, 0.25) is 0 Å². The number of fused-ring (bicyclic) bond motifs is 1. The minimum atomic E-state index is -0.194. The summed E-state index contributed by atoms with van der Waals surface area (Å²) in [6.07, 6.45) is 3.18. The maximum atomic E-state index is 11.5. The van der Waals surface area contributed by atoms with Crippen molar-refractivity contribution in [2.45, 2.75) is 39.8 Å². The zero-order valence-corrected chi connectivity index (χ0v) is 16.6. The first-order valence-corrected chi connectivity index (χ1v) is 9.62. The van der Waals surface area contributed by atoms with E-state index >= 15 is 0 Å². The number of imidazole rings is 1. The fourth-order valence-electron chi connectivity index (χ4n) is 3.33. The van der Waals surface area contributed by atoms with E-state index in [0.29, 0.717) is 13.2 Å². The Labute approximate surface area is 166 Å². The van der Waals surface area contributed by atoms with Gasteiger partial charge in [-0.05, 0) is 68.2 Å². The highest BCUT2D eigenvalue weighted by molar-refractivity contribution is 5.86. The minimum Gasteiger partial charge on any atom is -0.494 e. The van der Waals surface area contributed by atoms with Gasteiger partial charge in [0.2, 0.25) is 5.91 Å². The maximum Gasteiger partial charge on any atom is 0.243 e. The second-order valence-corrected chi connectivity index (χ2v) is 6.97. The topological polar surface area (TPSA) is 56.2 Å². The van der Waals surface area contributed by atoms with E-state index in [9.17, 15) is 4.79 Å². The van der Waals surface area contributed by atoms with Gasteiger partial charge in [0.25, 0.3) is 0 Å². The highest BCUT2D eigenvalue weighted by atomic mass is 16.5. The minimum absolute atomic E-state index is 0.194. The van der Waals surface area contributed by atoms with Crippen molar-refractivity contribution < 1.29 is 9.53 Å². The summed E-state index contributed by atoms with van der Waals surface area (Å²) in [5.74, 6) is 1.59. The number of rotatable bonds is 9. The lowest BCUT2D eigenvalue weighted by atomic mass is 10.1. The lowest BCUT2D eigenvalue weighted by Gasteiger charge is -2.11. The fraction of sp³-hybridized carbons (Fsp3) is 0.304. The zero-order chi connectivity index (χ0) is 19.9. The van der Waals surface area contributed by atoms with Crippen molar-refractivity contribution in [1.82, 2.24) is 14.9 Å². The van der Waals surface area contributed by atoms with E-state index in [-0.39, 0.29) is 5.91 Å². The number of unbranched alkanes of at least 4 members (excludes halogenated alkanes) is 1. The molecule has 0 radical (unpaired) electrons. The summed E-state index contributed by atoms with van der Waals surface area (Å²) in [6.45, 7) is 9.55. The number of aryl methyl sites for hydroxylation is 3. The first-order valence-electron chi connectivity index (χ1n) is 9.62. The Morgan fingerprint density at radius 1 is 1.18 bits per heavy atom. The third kappa shape index (κ3) is 5.00. The predicted octanol–water partition coefficient (Wildman–Crippen LogP) is 4.31. The zero-order valence-electron chi connectivity index (χ0n) is 16.6. The summed E-state index contributed by atoms with van der Waals surface area (Å²) in [4.78, 5) is 16.2. The Kier molecular flexibility index (Phi) is 6.48. The third-order valence-corrected chi connectivity index (χ3v) is 4.58. The Balaban J connectivity index is 1.59. The van der Waals surface area contributed by atoms with Gasteiger partial charge in [-0.25, -0.2) is 4.98 Å².